The van der Waals surface area contributed by atoms with Gasteiger partial charge >= 0.3 is 6.09 Å². The molecule has 2 fully saturated rings. The molecule has 2 saturated carbocycles. The monoisotopic (exact) mass is 455 g/mol. The quantitative estimate of drug-likeness (QED) is 0.686. The Balaban J connectivity index is 1.37. The van der Waals surface area contributed by atoms with Gasteiger partial charge in [-0.2, -0.15) is 0 Å². The van der Waals surface area contributed by atoms with Crippen LogP contribution in [-0.4, -0.2) is 33.1 Å². The number of H-pyrrole nitrogens is 1. The molecular formula is C25H33N3O3S. The van der Waals surface area contributed by atoms with Crippen LogP contribution in [0, 0.1) is 0 Å². The predicted octanol–water partition coefficient (Wildman–Crippen LogP) is 5.25. The Morgan fingerprint density at radius 1 is 1.25 bits per heavy atom. The molecule has 1 amide bonds. The number of rotatable bonds is 3. The van der Waals surface area contributed by atoms with Gasteiger partial charge in [0.15, 0.2) is 0 Å². The Bertz CT molecular complexity index is 1070. The van der Waals surface area contributed by atoms with Gasteiger partial charge in [-0.15, -0.1) is 11.3 Å². The molecule has 0 bridgehead atoms. The smallest absolute Gasteiger partial charge is 0.410 e. The molecule has 6 nitrogen and oxygen atoms in total. The second-order valence-electron chi connectivity index (χ2n) is 10.7. The number of aromatic nitrogens is 2. The number of aromatic amines is 1. The first-order valence-electron chi connectivity index (χ1n) is 11.9. The molecule has 7 heteroatoms. The number of nitrogens with one attached hydrogen (secondary N) is 1. The van der Waals surface area contributed by atoms with Gasteiger partial charge in [-0.05, 0) is 69.4 Å². The number of ether oxygens (including phenoxy) is 1. The number of fused-ring (bicyclic) bond motifs is 1. The van der Waals surface area contributed by atoms with E-state index < -0.39 is 5.60 Å². The summed E-state index contributed by atoms with van der Waals surface area (Å²) in [4.78, 5) is 36.5. The summed E-state index contributed by atoms with van der Waals surface area (Å²) < 4.78 is 5.49. The van der Waals surface area contributed by atoms with Crippen molar-refractivity contribution in [3.8, 4) is 0 Å². The van der Waals surface area contributed by atoms with Crippen LogP contribution in [0.2, 0.25) is 0 Å². The van der Waals surface area contributed by atoms with Crippen LogP contribution in [0.15, 0.2) is 16.2 Å². The maximum absolute atomic E-state index is 13.0. The average molecular weight is 456 g/mol. The van der Waals surface area contributed by atoms with Crippen molar-refractivity contribution in [2.75, 3.05) is 6.54 Å². The lowest BCUT2D eigenvalue weighted by atomic mass is 9.85. The van der Waals surface area contributed by atoms with Gasteiger partial charge in [-0.25, -0.2) is 9.78 Å². The lowest BCUT2D eigenvalue weighted by Crippen LogP contribution is -2.42. The van der Waals surface area contributed by atoms with Crippen molar-refractivity contribution in [3.05, 3.63) is 49.3 Å². The van der Waals surface area contributed by atoms with Crippen molar-refractivity contribution in [1.82, 2.24) is 14.9 Å². The van der Waals surface area contributed by atoms with Crippen molar-refractivity contribution < 1.29 is 9.53 Å². The van der Waals surface area contributed by atoms with Crippen molar-refractivity contribution in [1.29, 1.82) is 0 Å². The molecule has 0 spiro atoms. The van der Waals surface area contributed by atoms with Gasteiger partial charge in [-0.3, -0.25) is 4.79 Å². The SMILES string of the molecule is CC(C)(C)OC(=O)N1CCc2nc(C3(c4cc(C5CCCCC5)cs4)CC3)[nH]c(=O)c2C1. The number of carbonyl (C=O) groups is 1. The van der Waals surface area contributed by atoms with E-state index in [0.29, 0.717) is 24.4 Å². The van der Waals surface area contributed by atoms with Crippen LogP contribution in [0.5, 0.6) is 0 Å². The van der Waals surface area contributed by atoms with E-state index in [-0.39, 0.29) is 23.6 Å². The van der Waals surface area contributed by atoms with Gasteiger partial charge in [0.05, 0.1) is 23.2 Å². The fourth-order valence-corrected chi connectivity index (χ4v) is 6.36. The third kappa shape index (κ3) is 4.12. The van der Waals surface area contributed by atoms with Crippen molar-refractivity contribution in [2.45, 2.75) is 95.6 Å². The molecule has 32 heavy (non-hydrogen) atoms. The standard InChI is InChI=1S/C25H33N3O3S/c1-24(2,3)31-23(30)28-12-9-19-18(14-28)21(29)27-22(26-19)25(10-11-25)20-13-17(15-32-20)16-7-5-4-6-8-16/h13,15-16H,4-12,14H2,1-3H3,(H,26,27,29). The van der Waals surface area contributed by atoms with Gasteiger partial charge < -0.3 is 14.6 Å². The maximum Gasteiger partial charge on any atom is 0.410 e. The van der Waals surface area contributed by atoms with Gasteiger partial charge in [0.2, 0.25) is 0 Å². The number of hydrogen-bond donors (Lipinski definition) is 1. The van der Waals surface area contributed by atoms with Crippen LogP contribution in [-0.2, 0) is 23.1 Å². The fraction of sp³-hybridized carbons (Fsp3) is 0.640. The molecule has 0 aromatic carbocycles. The van der Waals surface area contributed by atoms with Crippen LogP contribution in [0.25, 0.3) is 0 Å². The minimum atomic E-state index is -0.554. The summed E-state index contributed by atoms with van der Waals surface area (Å²) in [5.41, 5.74) is 2.10. The van der Waals surface area contributed by atoms with Gasteiger partial charge in [0.25, 0.3) is 5.56 Å². The molecule has 0 unspecified atom stereocenters. The first-order chi connectivity index (χ1) is 15.2. The summed E-state index contributed by atoms with van der Waals surface area (Å²) in [7, 11) is 0. The molecule has 0 atom stereocenters. The normalized spacial score (nSPS) is 20.7. The van der Waals surface area contributed by atoms with Crippen LogP contribution >= 0.6 is 11.3 Å². The Labute approximate surface area is 193 Å². The van der Waals surface area contributed by atoms with Crippen LogP contribution in [0.4, 0.5) is 4.79 Å². The Hall–Kier alpha value is -2.15. The predicted molar refractivity (Wildman–Crippen MR) is 125 cm³/mol. The van der Waals surface area contributed by atoms with Gasteiger partial charge in [0.1, 0.15) is 11.4 Å². The molecule has 0 radical (unpaired) electrons. The Morgan fingerprint density at radius 3 is 2.69 bits per heavy atom. The molecule has 3 aliphatic rings. The minimum Gasteiger partial charge on any atom is -0.444 e. The number of carbonyl (C=O) groups excluding carboxylic acids is 1. The second kappa shape index (κ2) is 8.01. The first-order valence-corrected chi connectivity index (χ1v) is 12.8. The topological polar surface area (TPSA) is 75.3 Å². The molecule has 2 aromatic heterocycles. The number of hydrogen-bond acceptors (Lipinski definition) is 5. The maximum atomic E-state index is 13.0. The third-order valence-corrected chi connectivity index (χ3v) is 8.24. The number of thiophene rings is 1. The highest BCUT2D eigenvalue weighted by Gasteiger charge is 2.50. The lowest BCUT2D eigenvalue weighted by molar-refractivity contribution is 0.0221. The molecule has 5 rings (SSSR count). The van der Waals surface area contributed by atoms with Crippen molar-refractivity contribution in [2.24, 2.45) is 0 Å². The molecule has 2 aliphatic carbocycles. The average Bonchev–Trinajstić information content (AvgIpc) is 3.42. The van der Waals surface area contributed by atoms with E-state index in [0.717, 1.165) is 24.4 Å². The Kier molecular flexibility index (Phi) is 5.43. The minimum absolute atomic E-state index is 0.117. The first kappa shape index (κ1) is 21.7. The molecular weight excluding hydrogens is 422 g/mol. The van der Waals surface area contributed by atoms with E-state index >= 15 is 0 Å². The highest BCUT2D eigenvalue weighted by molar-refractivity contribution is 7.10. The van der Waals surface area contributed by atoms with E-state index in [9.17, 15) is 9.59 Å². The van der Waals surface area contributed by atoms with Crippen molar-refractivity contribution >= 4 is 17.4 Å². The van der Waals surface area contributed by atoms with Crippen molar-refractivity contribution in [3.63, 3.8) is 0 Å². The third-order valence-electron chi connectivity index (χ3n) is 7.09. The van der Waals surface area contributed by atoms with E-state index in [1.165, 1.54) is 42.5 Å². The summed E-state index contributed by atoms with van der Waals surface area (Å²) in [6.45, 7) is 6.33. The summed E-state index contributed by atoms with van der Waals surface area (Å²) in [5.74, 6) is 1.50. The van der Waals surface area contributed by atoms with E-state index in [1.807, 2.05) is 32.1 Å². The second-order valence-corrected chi connectivity index (χ2v) is 11.6. The highest BCUT2D eigenvalue weighted by Crippen LogP contribution is 2.54. The summed E-state index contributed by atoms with van der Waals surface area (Å²) in [6, 6.07) is 2.39. The Morgan fingerprint density at radius 2 is 2.00 bits per heavy atom. The molecule has 3 heterocycles. The number of amides is 1. The highest BCUT2D eigenvalue weighted by atomic mass is 32.1. The van der Waals surface area contributed by atoms with Gasteiger partial charge in [0, 0.05) is 17.8 Å². The van der Waals surface area contributed by atoms with E-state index in [4.69, 9.17) is 9.72 Å². The summed E-state index contributed by atoms with van der Waals surface area (Å²) >= 11 is 1.83. The zero-order valence-electron chi connectivity index (χ0n) is 19.3. The fourth-order valence-electron chi connectivity index (χ4n) is 5.11. The zero-order chi connectivity index (χ0) is 22.5. The van der Waals surface area contributed by atoms with E-state index in [2.05, 4.69) is 16.4 Å². The summed E-state index contributed by atoms with van der Waals surface area (Å²) in [6.07, 6.45) is 8.90. The molecule has 0 saturated heterocycles. The number of nitrogens with zero attached hydrogens (tertiary/aromatic N) is 2. The van der Waals surface area contributed by atoms with Crippen LogP contribution in [0.1, 0.15) is 99.2 Å². The molecule has 1 aliphatic heterocycles. The lowest BCUT2D eigenvalue weighted by Gasteiger charge is -2.30. The molecule has 172 valence electrons. The molecule has 2 aromatic rings. The molecule has 1 N–H and O–H groups in total. The van der Waals surface area contributed by atoms with Crippen LogP contribution < -0.4 is 5.56 Å². The zero-order valence-corrected chi connectivity index (χ0v) is 20.1. The van der Waals surface area contributed by atoms with E-state index in [1.54, 1.807) is 4.90 Å². The van der Waals surface area contributed by atoms with Gasteiger partial charge in [-0.1, -0.05) is 19.3 Å². The largest absolute Gasteiger partial charge is 0.444 e. The summed E-state index contributed by atoms with van der Waals surface area (Å²) in [5, 5.41) is 2.33. The van der Waals surface area contributed by atoms with Crippen LogP contribution in [0.3, 0.4) is 0 Å².